The Morgan fingerprint density at radius 1 is 1.26 bits per heavy atom. The van der Waals surface area contributed by atoms with Crippen LogP contribution in [0.25, 0.3) is 0 Å². The summed E-state index contributed by atoms with van der Waals surface area (Å²) in [5.41, 5.74) is 1.61. The number of carbonyl (C=O) groups is 1. The van der Waals surface area contributed by atoms with Crippen molar-refractivity contribution in [3.8, 4) is 0 Å². The summed E-state index contributed by atoms with van der Waals surface area (Å²) in [5.74, 6) is -0.00273. The fourth-order valence-electron chi connectivity index (χ4n) is 1.72. The van der Waals surface area contributed by atoms with E-state index in [4.69, 9.17) is 0 Å². The molecule has 0 radical (unpaired) electrons. The van der Waals surface area contributed by atoms with Crippen molar-refractivity contribution in [3.05, 3.63) is 29.8 Å². The number of thioether (sulfide) groups is 1. The van der Waals surface area contributed by atoms with E-state index in [1.165, 1.54) is 0 Å². The summed E-state index contributed by atoms with van der Waals surface area (Å²) in [5, 5.41) is 6.86. The van der Waals surface area contributed by atoms with Gasteiger partial charge in [-0.15, -0.1) is 0 Å². The summed E-state index contributed by atoms with van der Waals surface area (Å²) < 4.78 is 0. The molecular weight excluding hydrogens is 256 g/mol. The van der Waals surface area contributed by atoms with Crippen LogP contribution in [0.1, 0.15) is 37.6 Å². The molecular formula is C15H24N2OS. The van der Waals surface area contributed by atoms with Gasteiger partial charge in [0.05, 0.1) is 5.56 Å². The third-order valence-electron chi connectivity index (χ3n) is 2.85. The lowest BCUT2D eigenvalue weighted by atomic mass is 10.1. The molecule has 1 rings (SSSR count). The minimum Gasteiger partial charge on any atom is -0.382 e. The lowest BCUT2D eigenvalue weighted by Crippen LogP contribution is -2.27. The molecule has 2 N–H and O–H groups in total. The standard InChI is InChI=1S/C15H24N2OS/c1-11(2)17-14-8-6-5-7-13(14)15(18)16-10-9-12(3)19-4/h5-8,11-12,17H,9-10H2,1-4H3,(H,16,18). The summed E-state index contributed by atoms with van der Waals surface area (Å²) in [7, 11) is 0. The van der Waals surface area contributed by atoms with Crippen LogP contribution in [0.2, 0.25) is 0 Å². The number of hydrogen-bond donors (Lipinski definition) is 2. The van der Waals surface area contributed by atoms with Crippen molar-refractivity contribution in [1.82, 2.24) is 5.32 Å². The topological polar surface area (TPSA) is 41.1 Å². The number of anilines is 1. The highest BCUT2D eigenvalue weighted by Gasteiger charge is 2.11. The molecule has 0 aromatic heterocycles. The first-order chi connectivity index (χ1) is 9.04. The van der Waals surface area contributed by atoms with Crippen LogP contribution >= 0.6 is 11.8 Å². The van der Waals surface area contributed by atoms with Gasteiger partial charge in [0.25, 0.3) is 5.91 Å². The molecule has 1 aromatic carbocycles. The molecule has 0 saturated carbocycles. The second-order valence-corrected chi connectivity index (χ2v) is 6.21. The molecule has 1 unspecified atom stereocenters. The maximum Gasteiger partial charge on any atom is 0.253 e. The lowest BCUT2D eigenvalue weighted by Gasteiger charge is -2.15. The molecule has 1 atom stereocenters. The Morgan fingerprint density at radius 3 is 2.58 bits per heavy atom. The summed E-state index contributed by atoms with van der Waals surface area (Å²) in [4.78, 5) is 12.2. The van der Waals surface area contributed by atoms with Crippen molar-refractivity contribution >= 4 is 23.4 Å². The van der Waals surface area contributed by atoms with Crippen LogP contribution < -0.4 is 10.6 Å². The predicted octanol–water partition coefficient (Wildman–Crippen LogP) is 3.38. The number of rotatable bonds is 7. The molecule has 0 aliphatic heterocycles. The highest BCUT2D eigenvalue weighted by Crippen LogP contribution is 2.16. The van der Waals surface area contributed by atoms with Crippen molar-refractivity contribution in [3.63, 3.8) is 0 Å². The minimum absolute atomic E-state index is 0.00273. The van der Waals surface area contributed by atoms with Gasteiger partial charge >= 0.3 is 0 Å². The number of amides is 1. The fraction of sp³-hybridized carbons (Fsp3) is 0.533. The molecule has 0 bridgehead atoms. The lowest BCUT2D eigenvalue weighted by molar-refractivity contribution is 0.0954. The van der Waals surface area contributed by atoms with Crippen LogP contribution in [0.5, 0.6) is 0 Å². The van der Waals surface area contributed by atoms with Gasteiger partial charge in [-0.2, -0.15) is 11.8 Å². The molecule has 0 saturated heterocycles. The van der Waals surface area contributed by atoms with E-state index >= 15 is 0 Å². The van der Waals surface area contributed by atoms with E-state index in [1.54, 1.807) is 0 Å². The number of carbonyl (C=O) groups excluding carboxylic acids is 1. The maximum atomic E-state index is 12.2. The van der Waals surface area contributed by atoms with Gasteiger partial charge in [-0.3, -0.25) is 4.79 Å². The van der Waals surface area contributed by atoms with Crippen LogP contribution in [-0.2, 0) is 0 Å². The third kappa shape index (κ3) is 5.55. The summed E-state index contributed by atoms with van der Waals surface area (Å²) in [6.07, 6.45) is 3.08. The Morgan fingerprint density at radius 2 is 1.95 bits per heavy atom. The predicted molar refractivity (Wildman–Crippen MR) is 85.1 cm³/mol. The third-order valence-corrected chi connectivity index (χ3v) is 3.90. The fourth-order valence-corrected chi connectivity index (χ4v) is 2.07. The summed E-state index contributed by atoms with van der Waals surface area (Å²) in [6, 6.07) is 7.95. The molecule has 1 amide bonds. The highest BCUT2D eigenvalue weighted by molar-refractivity contribution is 7.99. The van der Waals surface area contributed by atoms with Crippen molar-refractivity contribution in [2.45, 2.75) is 38.5 Å². The zero-order chi connectivity index (χ0) is 14.3. The quantitative estimate of drug-likeness (QED) is 0.804. The number of nitrogens with one attached hydrogen (secondary N) is 2. The van der Waals surface area contributed by atoms with Crippen molar-refractivity contribution < 1.29 is 4.79 Å². The first-order valence-corrected chi connectivity index (χ1v) is 8.00. The van der Waals surface area contributed by atoms with Gasteiger partial charge in [-0.1, -0.05) is 19.1 Å². The highest BCUT2D eigenvalue weighted by atomic mass is 32.2. The Labute approximate surface area is 120 Å². The molecule has 19 heavy (non-hydrogen) atoms. The van der Waals surface area contributed by atoms with E-state index < -0.39 is 0 Å². The van der Waals surface area contributed by atoms with Gasteiger partial charge in [0.15, 0.2) is 0 Å². The molecule has 3 nitrogen and oxygen atoms in total. The average molecular weight is 280 g/mol. The van der Waals surface area contributed by atoms with Crippen molar-refractivity contribution in [1.29, 1.82) is 0 Å². The van der Waals surface area contributed by atoms with Gasteiger partial charge in [-0.25, -0.2) is 0 Å². The Balaban J connectivity index is 2.61. The van der Waals surface area contributed by atoms with E-state index in [2.05, 4.69) is 37.7 Å². The molecule has 106 valence electrons. The number of benzene rings is 1. The van der Waals surface area contributed by atoms with Gasteiger partial charge in [0.2, 0.25) is 0 Å². The van der Waals surface area contributed by atoms with Crippen LogP contribution in [-0.4, -0.2) is 30.0 Å². The molecule has 0 aliphatic rings. The molecule has 0 fully saturated rings. The molecule has 0 heterocycles. The SMILES string of the molecule is CSC(C)CCNC(=O)c1ccccc1NC(C)C. The second-order valence-electron chi connectivity index (χ2n) is 4.94. The second kappa shape index (κ2) is 8.10. The van der Waals surface area contributed by atoms with Gasteiger partial charge < -0.3 is 10.6 Å². The number of para-hydroxylation sites is 1. The molecule has 0 spiro atoms. The van der Waals surface area contributed by atoms with Crippen LogP contribution in [0, 0.1) is 0 Å². The van der Waals surface area contributed by atoms with Gasteiger partial charge in [0.1, 0.15) is 0 Å². The average Bonchev–Trinajstić information content (AvgIpc) is 2.38. The van der Waals surface area contributed by atoms with Gasteiger partial charge in [0, 0.05) is 23.5 Å². The van der Waals surface area contributed by atoms with Crippen molar-refractivity contribution in [2.24, 2.45) is 0 Å². The first-order valence-electron chi connectivity index (χ1n) is 6.71. The molecule has 0 aliphatic carbocycles. The molecule has 1 aromatic rings. The van der Waals surface area contributed by atoms with Crippen LogP contribution in [0.4, 0.5) is 5.69 Å². The van der Waals surface area contributed by atoms with E-state index in [0.29, 0.717) is 16.9 Å². The normalized spacial score (nSPS) is 12.3. The summed E-state index contributed by atoms with van der Waals surface area (Å²) in [6.45, 7) is 7.02. The van der Waals surface area contributed by atoms with Crippen LogP contribution in [0.15, 0.2) is 24.3 Å². The maximum absolute atomic E-state index is 12.2. The Kier molecular flexibility index (Phi) is 6.78. The first kappa shape index (κ1) is 15.9. The largest absolute Gasteiger partial charge is 0.382 e. The Hall–Kier alpha value is -1.16. The van der Waals surface area contributed by atoms with Crippen LogP contribution in [0.3, 0.4) is 0 Å². The zero-order valence-corrected chi connectivity index (χ0v) is 13.0. The zero-order valence-electron chi connectivity index (χ0n) is 12.2. The molecule has 4 heteroatoms. The van der Waals surface area contributed by atoms with Gasteiger partial charge in [-0.05, 0) is 38.7 Å². The monoisotopic (exact) mass is 280 g/mol. The van der Waals surface area contributed by atoms with E-state index in [9.17, 15) is 4.79 Å². The summed E-state index contributed by atoms with van der Waals surface area (Å²) >= 11 is 1.82. The van der Waals surface area contributed by atoms with E-state index in [1.807, 2.05) is 36.0 Å². The van der Waals surface area contributed by atoms with E-state index in [-0.39, 0.29) is 5.91 Å². The minimum atomic E-state index is -0.00273. The van der Waals surface area contributed by atoms with E-state index in [0.717, 1.165) is 18.7 Å². The van der Waals surface area contributed by atoms with Crippen molar-refractivity contribution in [2.75, 3.05) is 18.1 Å². The smallest absolute Gasteiger partial charge is 0.253 e. The number of hydrogen-bond acceptors (Lipinski definition) is 3. The Bertz CT molecular complexity index is 407.